The van der Waals surface area contributed by atoms with Crippen LogP contribution in [0, 0.1) is 5.92 Å². The third-order valence-corrected chi connectivity index (χ3v) is 4.98. The minimum absolute atomic E-state index is 0.107. The van der Waals surface area contributed by atoms with Gasteiger partial charge in [0.1, 0.15) is 0 Å². The van der Waals surface area contributed by atoms with E-state index in [1.165, 1.54) is 6.42 Å². The average molecular weight is 279 g/mol. The Morgan fingerprint density at radius 1 is 0.900 bits per heavy atom. The minimum Gasteiger partial charge on any atom is -0.339 e. The van der Waals surface area contributed by atoms with Crippen molar-refractivity contribution in [3.63, 3.8) is 0 Å². The molecule has 2 amide bonds. The highest BCUT2D eigenvalue weighted by Crippen LogP contribution is 2.32. The molecule has 0 aromatic carbocycles. The second-order valence-corrected chi connectivity index (χ2v) is 6.61. The fourth-order valence-corrected chi connectivity index (χ4v) is 3.43. The molecular formula is C15H25N3O2. The normalized spacial score (nSPS) is 26.4. The largest absolute Gasteiger partial charge is 0.339 e. The molecule has 0 unspecified atom stereocenters. The molecule has 0 radical (unpaired) electrons. The number of carbonyl (C=O) groups excluding carboxylic acids is 2. The fraction of sp³-hybridized carbons (Fsp3) is 0.867. The van der Waals surface area contributed by atoms with E-state index < -0.39 is 5.54 Å². The van der Waals surface area contributed by atoms with Crippen molar-refractivity contribution in [2.45, 2.75) is 50.5 Å². The number of piperazine rings is 1. The summed E-state index contributed by atoms with van der Waals surface area (Å²) in [5.41, 5.74) is 5.68. The summed E-state index contributed by atoms with van der Waals surface area (Å²) in [6.45, 7) is 2.65. The predicted octanol–water partition coefficient (Wildman–Crippen LogP) is 0.729. The lowest BCUT2D eigenvalue weighted by Crippen LogP contribution is -2.60. The van der Waals surface area contributed by atoms with E-state index in [0.29, 0.717) is 26.2 Å². The van der Waals surface area contributed by atoms with Crippen molar-refractivity contribution in [2.75, 3.05) is 26.2 Å². The first-order valence-corrected chi connectivity index (χ1v) is 7.97. The topological polar surface area (TPSA) is 66.6 Å². The number of nitrogens with zero attached hydrogens (tertiary/aromatic N) is 2. The van der Waals surface area contributed by atoms with Crippen molar-refractivity contribution in [3.05, 3.63) is 0 Å². The molecule has 112 valence electrons. The Balaban J connectivity index is 1.54. The number of nitrogens with two attached hydrogens (primary N) is 1. The average Bonchev–Trinajstić information content (AvgIpc) is 3.31. The van der Waals surface area contributed by atoms with E-state index >= 15 is 0 Å². The van der Waals surface area contributed by atoms with Gasteiger partial charge in [-0.05, 0) is 25.7 Å². The predicted molar refractivity (Wildman–Crippen MR) is 75.9 cm³/mol. The highest BCUT2D eigenvalue weighted by molar-refractivity contribution is 5.87. The smallest absolute Gasteiger partial charge is 0.242 e. The molecule has 3 rings (SSSR count). The minimum atomic E-state index is -0.638. The second kappa shape index (κ2) is 5.35. The highest BCUT2D eigenvalue weighted by Gasteiger charge is 2.40. The van der Waals surface area contributed by atoms with E-state index in [1.807, 2.05) is 9.80 Å². The molecule has 1 saturated heterocycles. The van der Waals surface area contributed by atoms with Gasteiger partial charge in [-0.25, -0.2) is 0 Å². The van der Waals surface area contributed by atoms with E-state index in [0.717, 1.165) is 38.5 Å². The van der Waals surface area contributed by atoms with Crippen molar-refractivity contribution in [3.8, 4) is 0 Å². The maximum Gasteiger partial charge on any atom is 0.242 e. The van der Waals surface area contributed by atoms with Gasteiger partial charge in [0.25, 0.3) is 0 Å². The molecule has 0 aromatic heterocycles. The van der Waals surface area contributed by atoms with E-state index in [1.54, 1.807) is 0 Å². The first-order valence-electron chi connectivity index (χ1n) is 7.97. The van der Waals surface area contributed by atoms with Gasteiger partial charge in [0.15, 0.2) is 0 Å². The van der Waals surface area contributed by atoms with Crippen LogP contribution in [0.3, 0.4) is 0 Å². The maximum atomic E-state index is 12.6. The summed E-state index contributed by atoms with van der Waals surface area (Å²) in [6, 6.07) is 0. The molecule has 0 atom stereocenters. The Hall–Kier alpha value is -1.10. The van der Waals surface area contributed by atoms with Gasteiger partial charge in [-0.2, -0.15) is 0 Å². The Morgan fingerprint density at radius 2 is 1.45 bits per heavy atom. The van der Waals surface area contributed by atoms with E-state index in [-0.39, 0.29) is 17.7 Å². The number of carbonyl (C=O) groups is 2. The van der Waals surface area contributed by atoms with E-state index in [4.69, 9.17) is 5.73 Å². The highest BCUT2D eigenvalue weighted by atomic mass is 16.2. The van der Waals surface area contributed by atoms with Crippen molar-refractivity contribution in [1.82, 2.24) is 9.80 Å². The molecule has 5 nitrogen and oxygen atoms in total. The van der Waals surface area contributed by atoms with Crippen LogP contribution >= 0.6 is 0 Å². The lowest BCUT2D eigenvalue weighted by molar-refractivity contribution is -0.144. The molecule has 0 bridgehead atoms. The van der Waals surface area contributed by atoms with E-state index in [2.05, 4.69) is 0 Å². The molecule has 1 aliphatic heterocycles. The van der Waals surface area contributed by atoms with Gasteiger partial charge in [0.05, 0.1) is 5.54 Å². The van der Waals surface area contributed by atoms with Crippen LogP contribution in [0.5, 0.6) is 0 Å². The first-order chi connectivity index (χ1) is 9.60. The summed E-state index contributed by atoms with van der Waals surface area (Å²) in [5.74, 6) is 0.671. The molecule has 5 heteroatoms. The number of rotatable bonds is 2. The van der Waals surface area contributed by atoms with Crippen LogP contribution in [0.15, 0.2) is 0 Å². The van der Waals surface area contributed by atoms with Gasteiger partial charge in [-0.3, -0.25) is 9.59 Å². The quantitative estimate of drug-likeness (QED) is 0.810. The number of hydrogen-bond acceptors (Lipinski definition) is 3. The molecule has 1 heterocycles. The Labute approximate surface area is 120 Å². The van der Waals surface area contributed by atoms with Crippen LogP contribution in [0.25, 0.3) is 0 Å². The summed E-state index contributed by atoms with van der Waals surface area (Å²) in [4.78, 5) is 28.4. The van der Waals surface area contributed by atoms with Crippen molar-refractivity contribution in [2.24, 2.45) is 11.7 Å². The Morgan fingerprint density at radius 3 is 2.00 bits per heavy atom. The fourth-order valence-electron chi connectivity index (χ4n) is 3.43. The molecule has 3 aliphatic rings. The van der Waals surface area contributed by atoms with Gasteiger partial charge in [-0.1, -0.05) is 19.3 Å². The Kier molecular flexibility index (Phi) is 3.71. The van der Waals surface area contributed by atoms with Crippen LogP contribution in [-0.4, -0.2) is 53.3 Å². The molecule has 2 aliphatic carbocycles. The van der Waals surface area contributed by atoms with Crippen molar-refractivity contribution < 1.29 is 9.59 Å². The monoisotopic (exact) mass is 279 g/mol. The van der Waals surface area contributed by atoms with Crippen LogP contribution in [-0.2, 0) is 9.59 Å². The number of amides is 2. The van der Waals surface area contributed by atoms with Crippen LogP contribution in [0.1, 0.15) is 44.9 Å². The molecular weight excluding hydrogens is 254 g/mol. The standard InChI is InChI=1S/C15H25N3O2/c16-15(6-2-1-3-7-15)14(20)18-10-8-17(9-11-18)13(19)12-4-5-12/h12H,1-11,16H2. The molecule has 20 heavy (non-hydrogen) atoms. The zero-order valence-electron chi connectivity index (χ0n) is 12.1. The first kappa shape index (κ1) is 13.9. The van der Waals surface area contributed by atoms with Crippen molar-refractivity contribution >= 4 is 11.8 Å². The zero-order chi connectivity index (χ0) is 14.2. The van der Waals surface area contributed by atoms with Crippen LogP contribution in [0.4, 0.5) is 0 Å². The van der Waals surface area contributed by atoms with Gasteiger partial charge in [0, 0.05) is 32.1 Å². The summed E-state index contributed by atoms with van der Waals surface area (Å²) in [6.07, 6.45) is 7.02. The number of hydrogen-bond donors (Lipinski definition) is 1. The summed E-state index contributed by atoms with van der Waals surface area (Å²) in [7, 11) is 0. The molecule has 3 fully saturated rings. The van der Waals surface area contributed by atoms with Gasteiger partial charge in [0.2, 0.25) is 11.8 Å². The van der Waals surface area contributed by atoms with Crippen LogP contribution in [0.2, 0.25) is 0 Å². The SMILES string of the molecule is NC1(C(=O)N2CCN(C(=O)C3CC3)CC2)CCCCC1. The molecule has 0 spiro atoms. The molecule has 0 aromatic rings. The van der Waals surface area contributed by atoms with E-state index in [9.17, 15) is 9.59 Å². The summed E-state index contributed by atoms with van der Waals surface area (Å²) in [5, 5.41) is 0. The Bertz CT molecular complexity index is 392. The van der Waals surface area contributed by atoms with Gasteiger partial charge < -0.3 is 15.5 Å². The lowest BCUT2D eigenvalue weighted by Gasteiger charge is -2.41. The van der Waals surface area contributed by atoms with Gasteiger partial charge in [-0.15, -0.1) is 0 Å². The summed E-state index contributed by atoms with van der Waals surface area (Å²) >= 11 is 0. The third kappa shape index (κ3) is 2.68. The zero-order valence-corrected chi connectivity index (χ0v) is 12.1. The second-order valence-electron chi connectivity index (χ2n) is 6.61. The summed E-state index contributed by atoms with van der Waals surface area (Å²) < 4.78 is 0. The van der Waals surface area contributed by atoms with Crippen molar-refractivity contribution in [1.29, 1.82) is 0 Å². The third-order valence-electron chi connectivity index (χ3n) is 4.98. The van der Waals surface area contributed by atoms with Gasteiger partial charge >= 0.3 is 0 Å². The molecule has 2 N–H and O–H groups in total. The molecule has 2 saturated carbocycles. The lowest BCUT2D eigenvalue weighted by atomic mass is 9.81. The van der Waals surface area contributed by atoms with Crippen LogP contribution < -0.4 is 5.73 Å². The maximum absolute atomic E-state index is 12.6.